The van der Waals surface area contributed by atoms with E-state index in [1.54, 1.807) is 26.3 Å². The predicted molar refractivity (Wildman–Crippen MR) is 92.3 cm³/mol. The van der Waals surface area contributed by atoms with Crippen molar-refractivity contribution in [2.75, 3.05) is 33.9 Å². The quantitative estimate of drug-likeness (QED) is 0.268. The van der Waals surface area contributed by atoms with Crippen LogP contribution in [0.3, 0.4) is 0 Å². The number of amides is 1. The molecule has 0 radical (unpaired) electrons. The maximum atomic E-state index is 11.6. The van der Waals surface area contributed by atoms with Crippen LogP contribution in [0.4, 0.5) is 0 Å². The van der Waals surface area contributed by atoms with Crippen LogP contribution in [0.15, 0.2) is 27.8 Å². The summed E-state index contributed by atoms with van der Waals surface area (Å²) in [5.74, 6) is 0.746. The van der Waals surface area contributed by atoms with Crippen molar-refractivity contribution < 1.29 is 13.9 Å². The Morgan fingerprint density at radius 1 is 1.43 bits per heavy atom. The minimum absolute atomic E-state index is 0. The van der Waals surface area contributed by atoms with Gasteiger partial charge in [0.15, 0.2) is 11.7 Å². The van der Waals surface area contributed by atoms with Gasteiger partial charge in [0.2, 0.25) is 0 Å². The Kier molecular flexibility index (Phi) is 10.7. The zero-order valence-electron chi connectivity index (χ0n) is 12.5. The Labute approximate surface area is 141 Å². The second-order valence-electron chi connectivity index (χ2n) is 4.23. The highest BCUT2D eigenvalue weighted by atomic mass is 127. The number of halogens is 1. The molecule has 0 fully saturated rings. The molecule has 0 bridgehead atoms. The molecule has 0 aromatic carbocycles. The maximum absolute atomic E-state index is 11.6. The van der Waals surface area contributed by atoms with Crippen molar-refractivity contribution in [1.29, 1.82) is 0 Å². The number of nitrogens with one attached hydrogen (secondary N) is 3. The minimum atomic E-state index is -0.229. The maximum Gasteiger partial charge on any atom is 0.287 e. The number of hydrogen-bond acceptors (Lipinski definition) is 4. The predicted octanol–water partition coefficient (Wildman–Crippen LogP) is 0.827. The van der Waals surface area contributed by atoms with Gasteiger partial charge in [0.25, 0.3) is 5.91 Å². The van der Waals surface area contributed by atoms with Gasteiger partial charge >= 0.3 is 0 Å². The molecular formula is C13H23IN4O3. The first kappa shape index (κ1) is 19.7. The fourth-order valence-corrected chi connectivity index (χ4v) is 1.57. The van der Waals surface area contributed by atoms with Gasteiger partial charge in [0.1, 0.15) is 0 Å². The Bertz CT molecular complexity index is 423. The van der Waals surface area contributed by atoms with Crippen LogP contribution >= 0.6 is 24.0 Å². The van der Waals surface area contributed by atoms with Crippen molar-refractivity contribution >= 4 is 35.8 Å². The summed E-state index contributed by atoms with van der Waals surface area (Å²) in [4.78, 5) is 15.7. The molecule has 120 valence electrons. The average molecular weight is 410 g/mol. The van der Waals surface area contributed by atoms with E-state index in [2.05, 4.69) is 20.9 Å². The molecule has 8 heteroatoms. The van der Waals surface area contributed by atoms with Crippen LogP contribution in [0.5, 0.6) is 0 Å². The molecule has 0 aliphatic rings. The number of methoxy groups -OCH3 is 1. The summed E-state index contributed by atoms with van der Waals surface area (Å²) in [5.41, 5.74) is 0. The molecule has 0 saturated heterocycles. The van der Waals surface area contributed by atoms with Crippen molar-refractivity contribution in [2.45, 2.75) is 13.0 Å². The highest BCUT2D eigenvalue weighted by Gasteiger charge is 2.07. The fraction of sp³-hybridized carbons (Fsp3) is 0.538. The van der Waals surface area contributed by atoms with E-state index in [1.807, 2.05) is 6.92 Å². The van der Waals surface area contributed by atoms with E-state index in [1.165, 1.54) is 6.26 Å². The largest absolute Gasteiger partial charge is 0.459 e. The number of rotatable bonds is 7. The summed E-state index contributed by atoms with van der Waals surface area (Å²) in [6.45, 7) is 3.62. The molecule has 0 saturated carbocycles. The molecule has 1 amide bonds. The highest BCUT2D eigenvalue weighted by molar-refractivity contribution is 14.0. The van der Waals surface area contributed by atoms with Gasteiger partial charge in [-0.15, -0.1) is 24.0 Å². The van der Waals surface area contributed by atoms with Gasteiger partial charge in [0, 0.05) is 33.3 Å². The number of carbonyl (C=O) groups excluding carboxylic acids is 1. The second-order valence-corrected chi connectivity index (χ2v) is 4.23. The van der Waals surface area contributed by atoms with Gasteiger partial charge in [-0.05, 0) is 19.1 Å². The van der Waals surface area contributed by atoms with Crippen molar-refractivity contribution in [3.05, 3.63) is 24.2 Å². The summed E-state index contributed by atoms with van der Waals surface area (Å²) in [7, 11) is 3.34. The van der Waals surface area contributed by atoms with Gasteiger partial charge in [-0.3, -0.25) is 9.79 Å². The third-order valence-corrected chi connectivity index (χ3v) is 2.47. The van der Waals surface area contributed by atoms with E-state index in [9.17, 15) is 4.79 Å². The average Bonchev–Trinajstić information content (AvgIpc) is 2.96. The third kappa shape index (κ3) is 7.90. The summed E-state index contributed by atoms with van der Waals surface area (Å²) in [6, 6.07) is 3.45. The molecule has 1 atom stereocenters. The fourth-order valence-electron chi connectivity index (χ4n) is 1.57. The van der Waals surface area contributed by atoms with Gasteiger partial charge < -0.3 is 25.1 Å². The Balaban J connectivity index is 0.00000400. The zero-order valence-corrected chi connectivity index (χ0v) is 14.8. The lowest BCUT2D eigenvalue weighted by Crippen LogP contribution is -2.46. The molecule has 1 aromatic heterocycles. The van der Waals surface area contributed by atoms with Gasteiger partial charge in [-0.2, -0.15) is 0 Å². The molecule has 21 heavy (non-hydrogen) atoms. The van der Waals surface area contributed by atoms with E-state index in [0.717, 1.165) is 0 Å². The van der Waals surface area contributed by atoms with E-state index >= 15 is 0 Å². The smallest absolute Gasteiger partial charge is 0.287 e. The van der Waals surface area contributed by atoms with Crippen LogP contribution in [0.2, 0.25) is 0 Å². The van der Waals surface area contributed by atoms with Gasteiger partial charge in [0.05, 0.1) is 12.9 Å². The molecular weight excluding hydrogens is 387 g/mol. The Hall–Kier alpha value is -1.29. The van der Waals surface area contributed by atoms with Crippen LogP contribution < -0.4 is 16.0 Å². The van der Waals surface area contributed by atoms with E-state index in [0.29, 0.717) is 31.4 Å². The minimum Gasteiger partial charge on any atom is -0.459 e. The number of ether oxygens (including phenoxy) is 1. The van der Waals surface area contributed by atoms with Crippen molar-refractivity contribution in [3.8, 4) is 0 Å². The molecule has 7 nitrogen and oxygen atoms in total. The first-order valence-electron chi connectivity index (χ1n) is 6.45. The lowest BCUT2D eigenvalue weighted by atomic mass is 10.4. The molecule has 1 rings (SSSR count). The summed E-state index contributed by atoms with van der Waals surface area (Å²) in [6.07, 6.45) is 1.47. The second kappa shape index (κ2) is 11.4. The monoisotopic (exact) mass is 410 g/mol. The summed E-state index contributed by atoms with van der Waals surface area (Å²) < 4.78 is 10.0. The molecule has 0 aliphatic carbocycles. The molecule has 1 unspecified atom stereocenters. The van der Waals surface area contributed by atoms with Crippen molar-refractivity contribution in [3.63, 3.8) is 0 Å². The topological polar surface area (TPSA) is 87.9 Å². The normalized spacial score (nSPS) is 12.2. The number of guanidine groups is 1. The van der Waals surface area contributed by atoms with E-state index < -0.39 is 0 Å². The Morgan fingerprint density at radius 3 is 2.71 bits per heavy atom. The van der Waals surface area contributed by atoms with Gasteiger partial charge in [-0.25, -0.2) is 0 Å². The molecule has 0 aliphatic heterocycles. The number of nitrogens with zero attached hydrogens (tertiary/aromatic N) is 1. The standard InChI is InChI=1S/C13H22N4O3.HI/c1-10(9-19-3)17-13(14-2)16-7-6-15-12(18)11-5-4-8-20-11;/h4-5,8,10H,6-7,9H2,1-3H3,(H,15,18)(H2,14,16,17);1H. The van der Waals surface area contributed by atoms with E-state index in [-0.39, 0.29) is 35.9 Å². The summed E-state index contributed by atoms with van der Waals surface area (Å²) >= 11 is 0. The lowest BCUT2D eigenvalue weighted by molar-refractivity contribution is 0.0926. The highest BCUT2D eigenvalue weighted by Crippen LogP contribution is 1.98. The third-order valence-electron chi connectivity index (χ3n) is 2.47. The molecule has 1 aromatic rings. The van der Waals surface area contributed by atoms with Crippen LogP contribution in [-0.4, -0.2) is 51.8 Å². The van der Waals surface area contributed by atoms with Crippen LogP contribution in [0.25, 0.3) is 0 Å². The zero-order chi connectivity index (χ0) is 14.8. The van der Waals surface area contributed by atoms with Crippen molar-refractivity contribution in [1.82, 2.24) is 16.0 Å². The van der Waals surface area contributed by atoms with E-state index in [4.69, 9.17) is 9.15 Å². The van der Waals surface area contributed by atoms with Crippen molar-refractivity contribution in [2.24, 2.45) is 4.99 Å². The van der Waals surface area contributed by atoms with Crippen LogP contribution in [0, 0.1) is 0 Å². The first-order chi connectivity index (χ1) is 9.67. The summed E-state index contributed by atoms with van der Waals surface area (Å²) in [5, 5.41) is 9.00. The van der Waals surface area contributed by atoms with Gasteiger partial charge in [-0.1, -0.05) is 0 Å². The SMILES string of the molecule is CN=C(NCCNC(=O)c1ccco1)NC(C)COC.I. The number of hydrogen-bond donors (Lipinski definition) is 3. The number of carbonyl (C=O) groups is 1. The lowest BCUT2D eigenvalue weighted by Gasteiger charge is -2.17. The van der Waals surface area contributed by atoms with Crippen LogP contribution in [-0.2, 0) is 4.74 Å². The molecule has 3 N–H and O–H groups in total. The molecule has 0 spiro atoms. The first-order valence-corrected chi connectivity index (χ1v) is 6.45. The molecule has 1 heterocycles. The Morgan fingerprint density at radius 2 is 2.14 bits per heavy atom. The van der Waals surface area contributed by atoms with Crippen LogP contribution in [0.1, 0.15) is 17.5 Å². The number of aliphatic imine (C=N–C) groups is 1. The number of furan rings is 1.